The molecule has 1 N–H and O–H groups in total. The minimum absolute atomic E-state index is 0.190. The quantitative estimate of drug-likeness (QED) is 0.799. The number of para-hydroxylation sites is 1. The zero-order valence-corrected chi connectivity index (χ0v) is 13.4. The van der Waals surface area contributed by atoms with Gasteiger partial charge in [-0.05, 0) is 31.2 Å². The number of nitrogens with zero attached hydrogens (tertiary/aromatic N) is 2. The number of rotatable bonds is 4. The molecule has 0 fully saturated rings. The van der Waals surface area contributed by atoms with Crippen LogP contribution in [0.5, 0.6) is 5.75 Å². The van der Waals surface area contributed by atoms with Crippen LogP contribution in [0.4, 0.5) is 5.82 Å². The number of carbonyl (C=O) groups excluding carboxylic acids is 1. The van der Waals surface area contributed by atoms with Crippen LogP contribution >= 0.6 is 0 Å². The Bertz CT molecular complexity index is 963. The van der Waals surface area contributed by atoms with E-state index in [1.807, 2.05) is 43.3 Å². The molecule has 0 aliphatic carbocycles. The zero-order valence-electron chi connectivity index (χ0n) is 13.4. The van der Waals surface area contributed by atoms with Crippen LogP contribution in [-0.2, 0) is 11.8 Å². The van der Waals surface area contributed by atoms with Gasteiger partial charge in [-0.3, -0.25) is 9.59 Å². The van der Waals surface area contributed by atoms with Gasteiger partial charge in [-0.2, -0.15) is 0 Å². The van der Waals surface area contributed by atoms with Crippen LogP contribution < -0.4 is 15.6 Å². The van der Waals surface area contributed by atoms with E-state index in [0.717, 1.165) is 16.6 Å². The molecule has 6 nitrogen and oxygen atoms in total. The third kappa shape index (κ3) is 3.27. The molecule has 1 aromatic carbocycles. The Morgan fingerprint density at radius 2 is 2.00 bits per heavy atom. The molecule has 0 aliphatic heterocycles. The lowest BCUT2D eigenvalue weighted by atomic mass is 10.2. The number of pyridine rings is 2. The van der Waals surface area contributed by atoms with E-state index in [4.69, 9.17) is 4.74 Å². The third-order valence-corrected chi connectivity index (χ3v) is 3.63. The van der Waals surface area contributed by atoms with Gasteiger partial charge >= 0.3 is 0 Å². The molecular formula is C18H17N3O3. The average Bonchev–Trinajstić information content (AvgIpc) is 2.57. The smallest absolute Gasteiger partial charge is 0.263 e. The Morgan fingerprint density at radius 1 is 1.21 bits per heavy atom. The van der Waals surface area contributed by atoms with E-state index in [1.165, 1.54) is 6.07 Å². The normalized spacial score (nSPS) is 10.6. The molecule has 3 rings (SSSR count). The van der Waals surface area contributed by atoms with Crippen molar-refractivity contribution in [1.29, 1.82) is 0 Å². The molecule has 0 atom stereocenters. The molecule has 1 amide bonds. The first-order valence-electron chi connectivity index (χ1n) is 7.49. The maximum Gasteiger partial charge on any atom is 0.263 e. The van der Waals surface area contributed by atoms with Gasteiger partial charge in [-0.25, -0.2) is 4.98 Å². The largest absolute Gasteiger partial charge is 0.483 e. The summed E-state index contributed by atoms with van der Waals surface area (Å²) in [4.78, 5) is 28.2. The van der Waals surface area contributed by atoms with Crippen LogP contribution in [0.3, 0.4) is 0 Å². The summed E-state index contributed by atoms with van der Waals surface area (Å²) in [5, 5.41) is 3.45. The second kappa shape index (κ2) is 6.54. The number of nitrogens with one attached hydrogen (secondary N) is 1. The van der Waals surface area contributed by atoms with Crippen molar-refractivity contribution in [2.24, 2.45) is 7.05 Å². The fourth-order valence-electron chi connectivity index (χ4n) is 2.43. The van der Waals surface area contributed by atoms with Gasteiger partial charge in [0.25, 0.3) is 11.5 Å². The van der Waals surface area contributed by atoms with Crippen LogP contribution in [0, 0.1) is 6.92 Å². The summed E-state index contributed by atoms with van der Waals surface area (Å²) in [6, 6.07) is 14.1. The van der Waals surface area contributed by atoms with E-state index < -0.39 is 0 Å². The summed E-state index contributed by atoms with van der Waals surface area (Å²) in [5.74, 6) is 0.524. The molecule has 0 bridgehead atoms. The lowest BCUT2D eigenvalue weighted by Crippen LogP contribution is -2.22. The molecule has 0 radical (unpaired) electrons. The standard InChI is InChI=1S/C18H17N3O3/c1-12-6-5-9-16(19-12)20-17(22)11-24-15-10-18(23)21(2)14-8-4-3-7-13(14)15/h3-10H,11H2,1-2H3,(H,19,20,22). The number of fused-ring (bicyclic) bond motifs is 1. The molecule has 0 unspecified atom stereocenters. The fraction of sp³-hybridized carbons (Fsp3) is 0.167. The molecular weight excluding hydrogens is 306 g/mol. The number of aromatic nitrogens is 2. The summed E-state index contributed by atoms with van der Waals surface area (Å²) in [5.41, 5.74) is 1.37. The van der Waals surface area contributed by atoms with Crippen LogP contribution in [0.2, 0.25) is 0 Å². The van der Waals surface area contributed by atoms with Gasteiger partial charge < -0.3 is 14.6 Å². The average molecular weight is 323 g/mol. The van der Waals surface area contributed by atoms with Gasteiger partial charge in [0.1, 0.15) is 11.6 Å². The second-order valence-electron chi connectivity index (χ2n) is 5.42. The first kappa shape index (κ1) is 15.7. The number of anilines is 1. The number of benzene rings is 1. The third-order valence-electron chi connectivity index (χ3n) is 3.63. The number of hydrogen-bond acceptors (Lipinski definition) is 4. The summed E-state index contributed by atoms with van der Waals surface area (Å²) >= 11 is 0. The molecule has 3 aromatic rings. The van der Waals surface area contributed by atoms with Crippen LogP contribution in [0.25, 0.3) is 10.9 Å². The first-order chi connectivity index (χ1) is 11.5. The van der Waals surface area contributed by atoms with Gasteiger partial charge in [0, 0.05) is 24.2 Å². The van der Waals surface area contributed by atoms with E-state index in [0.29, 0.717) is 11.6 Å². The van der Waals surface area contributed by atoms with E-state index >= 15 is 0 Å². The van der Waals surface area contributed by atoms with E-state index in [1.54, 1.807) is 17.7 Å². The lowest BCUT2D eigenvalue weighted by molar-refractivity contribution is -0.118. The van der Waals surface area contributed by atoms with E-state index in [9.17, 15) is 9.59 Å². The van der Waals surface area contributed by atoms with Crippen molar-refractivity contribution < 1.29 is 9.53 Å². The van der Waals surface area contributed by atoms with E-state index in [-0.39, 0.29) is 18.1 Å². The summed E-state index contributed by atoms with van der Waals surface area (Å²) < 4.78 is 7.11. The Balaban J connectivity index is 1.77. The molecule has 0 saturated heterocycles. The maximum absolute atomic E-state index is 12.0. The molecule has 0 spiro atoms. The predicted molar refractivity (Wildman–Crippen MR) is 92.3 cm³/mol. The van der Waals surface area contributed by atoms with Gasteiger partial charge in [0.05, 0.1) is 5.52 Å². The highest BCUT2D eigenvalue weighted by Crippen LogP contribution is 2.22. The molecule has 24 heavy (non-hydrogen) atoms. The van der Waals surface area contributed by atoms with Crippen molar-refractivity contribution in [3.63, 3.8) is 0 Å². The van der Waals surface area contributed by atoms with Gasteiger partial charge in [0.15, 0.2) is 6.61 Å². The number of hydrogen-bond donors (Lipinski definition) is 1. The van der Waals surface area contributed by atoms with Crippen molar-refractivity contribution in [3.05, 3.63) is 64.6 Å². The van der Waals surface area contributed by atoms with Crippen molar-refractivity contribution in [3.8, 4) is 5.75 Å². The fourth-order valence-corrected chi connectivity index (χ4v) is 2.43. The topological polar surface area (TPSA) is 73.2 Å². The highest BCUT2D eigenvalue weighted by molar-refractivity contribution is 5.91. The van der Waals surface area contributed by atoms with Crippen molar-refractivity contribution in [2.45, 2.75) is 6.92 Å². The second-order valence-corrected chi connectivity index (χ2v) is 5.42. The predicted octanol–water partition coefficient (Wildman–Crippen LogP) is 2.26. The number of carbonyl (C=O) groups is 1. The summed E-state index contributed by atoms with van der Waals surface area (Å²) in [7, 11) is 1.70. The van der Waals surface area contributed by atoms with Crippen molar-refractivity contribution >= 4 is 22.6 Å². The molecule has 0 saturated carbocycles. The van der Waals surface area contributed by atoms with E-state index in [2.05, 4.69) is 10.3 Å². The zero-order chi connectivity index (χ0) is 17.1. The maximum atomic E-state index is 12.0. The van der Waals surface area contributed by atoms with Gasteiger partial charge in [-0.1, -0.05) is 18.2 Å². The molecule has 0 aliphatic rings. The van der Waals surface area contributed by atoms with Crippen molar-refractivity contribution in [1.82, 2.24) is 9.55 Å². The molecule has 6 heteroatoms. The first-order valence-corrected chi connectivity index (χ1v) is 7.49. The lowest BCUT2D eigenvalue weighted by Gasteiger charge is -2.11. The van der Waals surface area contributed by atoms with Gasteiger partial charge in [-0.15, -0.1) is 0 Å². The van der Waals surface area contributed by atoms with Crippen molar-refractivity contribution in [2.75, 3.05) is 11.9 Å². The Morgan fingerprint density at radius 3 is 2.79 bits per heavy atom. The summed E-state index contributed by atoms with van der Waals surface area (Å²) in [6.45, 7) is 1.64. The number of aryl methyl sites for hydroxylation is 2. The molecule has 2 heterocycles. The summed E-state index contributed by atoms with van der Waals surface area (Å²) in [6.07, 6.45) is 0. The Labute approximate surface area is 138 Å². The SMILES string of the molecule is Cc1cccc(NC(=O)COc2cc(=O)n(C)c3ccccc23)n1. The minimum Gasteiger partial charge on any atom is -0.483 e. The highest BCUT2D eigenvalue weighted by atomic mass is 16.5. The number of amides is 1. The van der Waals surface area contributed by atoms with Crippen LogP contribution in [-0.4, -0.2) is 22.1 Å². The Kier molecular flexibility index (Phi) is 4.29. The highest BCUT2D eigenvalue weighted by Gasteiger charge is 2.10. The van der Waals surface area contributed by atoms with Gasteiger partial charge in [0.2, 0.25) is 0 Å². The number of ether oxygens (including phenoxy) is 1. The Hall–Kier alpha value is -3.15. The molecule has 2 aromatic heterocycles. The minimum atomic E-state index is -0.335. The van der Waals surface area contributed by atoms with Crippen LogP contribution in [0.1, 0.15) is 5.69 Å². The monoisotopic (exact) mass is 323 g/mol. The van der Waals surface area contributed by atoms with Crippen LogP contribution in [0.15, 0.2) is 53.3 Å². The molecule has 122 valence electrons.